The quantitative estimate of drug-likeness (QED) is 0.504. The van der Waals surface area contributed by atoms with E-state index in [1.807, 2.05) is 0 Å². The van der Waals surface area contributed by atoms with Gasteiger partial charge in [0.1, 0.15) is 18.0 Å². The molecule has 1 aliphatic heterocycles. The van der Waals surface area contributed by atoms with Gasteiger partial charge in [-0.2, -0.15) is 0 Å². The zero-order valence-corrected chi connectivity index (χ0v) is 13.9. The van der Waals surface area contributed by atoms with Gasteiger partial charge < -0.3 is 29.1 Å². The van der Waals surface area contributed by atoms with Crippen LogP contribution < -0.4 is 5.56 Å². The first-order valence-electron chi connectivity index (χ1n) is 6.78. The lowest BCUT2D eigenvalue weighted by atomic mass is 10.1. The van der Waals surface area contributed by atoms with Crippen molar-refractivity contribution in [2.24, 2.45) is 0 Å². The van der Waals surface area contributed by atoms with Gasteiger partial charge in [0.15, 0.2) is 23.6 Å². The van der Waals surface area contributed by atoms with Gasteiger partial charge in [-0.05, 0) is 18.7 Å². The number of rotatable bonds is 4. The van der Waals surface area contributed by atoms with Gasteiger partial charge in [0.05, 0.1) is 12.9 Å². The largest absolute Gasteiger partial charge is 0.385 e. The van der Waals surface area contributed by atoms with E-state index in [-0.39, 0.29) is 11.2 Å². The van der Waals surface area contributed by atoms with Gasteiger partial charge in [-0.15, -0.1) is 0 Å². The summed E-state index contributed by atoms with van der Waals surface area (Å²) in [6.45, 7) is -2.95. The van der Waals surface area contributed by atoms with Crippen molar-refractivity contribution in [1.29, 1.82) is 0 Å². The highest BCUT2D eigenvalue weighted by Crippen LogP contribution is 2.39. The number of fused-ring (bicyclic) bond motifs is 1. The van der Waals surface area contributed by atoms with Crippen molar-refractivity contribution in [2.45, 2.75) is 31.5 Å². The normalized spacial score (nSPS) is 27.9. The van der Waals surface area contributed by atoms with E-state index >= 15 is 0 Å². The van der Waals surface area contributed by atoms with Crippen LogP contribution in [-0.4, -0.2) is 59.4 Å². The molecular formula is C11H14FN4O6PS. The van der Waals surface area contributed by atoms with E-state index in [9.17, 15) is 14.3 Å². The molecule has 2 aromatic heterocycles. The molecule has 3 rings (SSSR count). The molecule has 3 heterocycles. The molecule has 1 aliphatic rings. The SMILES string of the molecule is Cc1nc2c(ncn2[C@@H]2O[C@H](COP(O)(O)=S)C(F)[C@@H]2O)c(=O)[nH]1. The number of imidazole rings is 1. The lowest BCUT2D eigenvalue weighted by Crippen LogP contribution is -2.30. The zero-order valence-electron chi connectivity index (χ0n) is 12.2. The third-order valence-electron chi connectivity index (χ3n) is 3.52. The molecule has 4 atom stereocenters. The van der Waals surface area contributed by atoms with Crippen molar-refractivity contribution in [3.63, 3.8) is 0 Å². The molecule has 1 unspecified atom stereocenters. The van der Waals surface area contributed by atoms with Crippen molar-refractivity contribution in [2.75, 3.05) is 6.61 Å². The molecule has 13 heteroatoms. The topological polar surface area (TPSA) is 143 Å². The molecule has 4 N–H and O–H groups in total. The number of ether oxygens (including phenoxy) is 1. The Morgan fingerprint density at radius 1 is 1.58 bits per heavy atom. The van der Waals surface area contributed by atoms with Crippen LogP contribution in [-0.2, 0) is 21.1 Å². The molecule has 0 bridgehead atoms. The maximum Gasteiger partial charge on any atom is 0.321 e. The molecule has 0 amide bonds. The third kappa shape index (κ3) is 3.26. The predicted octanol–water partition coefficient (Wildman–Crippen LogP) is -0.750. The molecule has 0 aromatic carbocycles. The summed E-state index contributed by atoms with van der Waals surface area (Å²) in [7, 11) is 0. The highest BCUT2D eigenvalue weighted by atomic mass is 32.5. The maximum atomic E-state index is 14.2. The fraction of sp³-hybridized carbons (Fsp3) is 0.545. The van der Waals surface area contributed by atoms with E-state index in [2.05, 4.69) is 31.3 Å². The number of hydrogen-bond acceptors (Lipinski definition) is 7. The number of H-pyrrole nitrogens is 1. The van der Waals surface area contributed by atoms with Crippen LogP contribution in [0.25, 0.3) is 11.2 Å². The average Bonchev–Trinajstić information content (AvgIpc) is 3.00. The van der Waals surface area contributed by atoms with E-state index < -0.39 is 43.5 Å². The highest BCUT2D eigenvalue weighted by Gasteiger charge is 2.46. The van der Waals surface area contributed by atoms with Crippen LogP contribution in [0, 0.1) is 6.92 Å². The van der Waals surface area contributed by atoms with Crippen LogP contribution in [0.1, 0.15) is 12.1 Å². The number of nitrogens with zero attached hydrogens (tertiary/aromatic N) is 3. The van der Waals surface area contributed by atoms with Gasteiger partial charge in [0, 0.05) is 0 Å². The number of halogens is 1. The minimum atomic E-state index is -3.97. The number of aromatic nitrogens is 4. The second-order valence-corrected chi connectivity index (χ2v) is 7.93. The smallest absolute Gasteiger partial charge is 0.321 e. The molecule has 0 saturated carbocycles. The number of hydrogen-bond donors (Lipinski definition) is 4. The second-order valence-electron chi connectivity index (χ2n) is 5.26. The standard InChI is InChI=1S/C11H14FN4O6PS/c1-4-14-9-7(10(18)15-4)13-3-16(9)11-8(17)6(12)5(22-11)2-21-23(19,20)24/h3,5-6,8,11,17H,2H2,1H3,(H,14,15,18)(H2,19,20,24)/t5-,6?,8+,11-/m1/s1. The van der Waals surface area contributed by atoms with Gasteiger partial charge >= 0.3 is 6.72 Å². The molecule has 1 saturated heterocycles. The van der Waals surface area contributed by atoms with Gasteiger partial charge in [0.25, 0.3) is 5.56 Å². The summed E-state index contributed by atoms with van der Waals surface area (Å²) in [5, 5.41) is 10.1. The first-order chi connectivity index (χ1) is 11.2. The minimum Gasteiger partial charge on any atom is -0.385 e. The summed E-state index contributed by atoms with van der Waals surface area (Å²) in [4.78, 5) is 40.4. The monoisotopic (exact) mass is 380 g/mol. The van der Waals surface area contributed by atoms with Crippen LogP contribution in [0.5, 0.6) is 0 Å². The van der Waals surface area contributed by atoms with Gasteiger partial charge in [-0.1, -0.05) is 0 Å². The molecular weight excluding hydrogens is 366 g/mol. The number of aliphatic hydroxyl groups excluding tert-OH is 1. The van der Waals surface area contributed by atoms with Crippen LogP contribution in [0.2, 0.25) is 0 Å². The van der Waals surface area contributed by atoms with E-state index in [1.54, 1.807) is 6.92 Å². The lowest BCUT2D eigenvalue weighted by molar-refractivity contribution is -0.0474. The Morgan fingerprint density at radius 2 is 2.29 bits per heavy atom. The average molecular weight is 380 g/mol. The van der Waals surface area contributed by atoms with E-state index in [0.29, 0.717) is 5.82 Å². The third-order valence-corrected chi connectivity index (χ3v) is 4.32. The van der Waals surface area contributed by atoms with Crippen LogP contribution in [0.3, 0.4) is 0 Å². The van der Waals surface area contributed by atoms with Crippen LogP contribution in [0.4, 0.5) is 4.39 Å². The molecule has 1 fully saturated rings. The predicted molar refractivity (Wildman–Crippen MR) is 82.4 cm³/mol. The van der Waals surface area contributed by atoms with Crippen molar-refractivity contribution in [3.05, 3.63) is 22.5 Å². The Balaban J connectivity index is 1.90. The summed E-state index contributed by atoms with van der Waals surface area (Å²) < 4.78 is 25.4. The molecule has 2 aromatic rings. The fourth-order valence-corrected chi connectivity index (χ4v) is 2.99. The summed E-state index contributed by atoms with van der Waals surface area (Å²) >= 11 is 4.28. The summed E-state index contributed by atoms with van der Waals surface area (Å²) in [5.74, 6) is 0.319. The van der Waals surface area contributed by atoms with Gasteiger partial charge in [-0.25, -0.2) is 14.4 Å². The van der Waals surface area contributed by atoms with Gasteiger partial charge in [-0.3, -0.25) is 9.36 Å². The van der Waals surface area contributed by atoms with Crippen molar-refractivity contribution >= 4 is 29.7 Å². The molecule has 24 heavy (non-hydrogen) atoms. The van der Waals surface area contributed by atoms with E-state index in [0.717, 1.165) is 0 Å². The molecule has 0 radical (unpaired) electrons. The Kier molecular flexibility index (Phi) is 4.55. The number of aryl methyl sites for hydroxylation is 1. The number of aromatic amines is 1. The Bertz CT molecular complexity index is 868. The minimum absolute atomic E-state index is 0.0210. The first-order valence-corrected chi connectivity index (χ1v) is 9.41. The summed E-state index contributed by atoms with van der Waals surface area (Å²) in [6, 6.07) is 0. The molecule has 132 valence electrons. The van der Waals surface area contributed by atoms with Crippen LogP contribution >= 0.6 is 6.72 Å². The second kappa shape index (κ2) is 6.23. The Labute approximate surface area is 139 Å². The molecule has 10 nitrogen and oxygen atoms in total. The van der Waals surface area contributed by atoms with Crippen molar-refractivity contribution in [3.8, 4) is 0 Å². The summed E-state index contributed by atoms with van der Waals surface area (Å²) in [6.07, 6.45) is -4.72. The number of aliphatic hydroxyl groups is 1. The number of nitrogens with one attached hydrogen (secondary N) is 1. The van der Waals surface area contributed by atoms with E-state index in [4.69, 9.17) is 14.5 Å². The Morgan fingerprint density at radius 3 is 2.96 bits per heavy atom. The lowest BCUT2D eigenvalue weighted by Gasteiger charge is -2.16. The zero-order chi connectivity index (χ0) is 17.6. The van der Waals surface area contributed by atoms with Crippen LogP contribution in [0.15, 0.2) is 11.1 Å². The molecule has 0 spiro atoms. The maximum absolute atomic E-state index is 14.2. The highest BCUT2D eigenvalue weighted by molar-refractivity contribution is 8.06. The van der Waals surface area contributed by atoms with E-state index in [1.165, 1.54) is 10.9 Å². The number of alkyl halides is 1. The molecule has 0 aliphatic carbocycles. The van der Waals surface area contributed by atoms with Crippen molar-refractivity contribution in [1.82, 2.24) is 19.5 Å². The fourth-order valence-electron chi connectivity index (χ4n) is 2.47. The van der Waals surface area contributed by atoms with Crippen molar-refractivity contribution < 1.29 is 28.5 Å². The first kappa shape index (κ1) is 17.5. The van der Waals surface area contributed by atoms with Gasteiger partial charge in [0.2, 0.25) is 0 Å². The Hall–Kier alpha value is -1.27. The summed E-state index contributed by atoms with van der Waals surface area (Å²) in [5.41, 5.74) is -0.321.